The van der Waals surface area contributed by atoms with Crippen molar-refractivity contribution in [1.29, 1.82) is 0 Å². The van der Waals surface area contributed by atoms with E-state index in [0.717, 1.165) is 28.1 Å². The summed E-state index contributed by atoms with van der Waals surface area (Å²) >= 11 is 0. The van der Waals surface area contributed by atoms with Crippen LogP contribution in [-0.2, 0) is 26.2 Å². The number of nitrogens with one attached hydrogen (secondary N) is 1. The van der Waals surface area contributed by atoms with Crippen LogP contribution < -0.4 is 14.4 Å². The maximum atomic E-state index is 13.5. The number of rotatable bonds is 12. The Hall–Kier alpha value is -3.07. The molecular weight excluding hydrogens is 466 g/mol. The van der Waals surface area contributed by atoms with Crippen molar-refractivity contribution >= 4 is 27.5 Å². The van der Waals surface area contributed by atoms with Crippen LogP contribution in [0.4, 0.5) is 5.69 Å². The molecule has 2 aromatic carbocycles. The molecular formula is C26H37N3O5S. The van der Waals surface area contributed by atoms with Crippen molar-refractivity contribution in [3.05, 3.63) is 59.7 Å². The van der Waals surface area contributed by atoms with Gasteiger partial charge in [0.05, 0.1) is 19.1 Å². The summed E-state index contributed by atoms with van der Waals surface area (Å²) in [5.74, 6) is 0.139. The Bertz CT molecular complexity index is 1100. The Balaban J connectivity index is 2.38. The highest BCUT2D eigenvalue weighted by molar-refractivity contribution is 7.92. The maximum absolute atomic E-state index is 13.5. The van der Waals surface area contributed by atoms with Crippen LogP contribution in [0.3, 0.4) is 0 Å². The SMILES string of the molecule is CCCNC(=O)[C@@H](C)N(Cc1cccc(OC)c1)C(=O)CN(c1ccc(C(C)C)cc1)S(C)(=O)=O. The lowest BCUT2D eigenvalue weighted by Gasteiger charge is -2.31. The van der Waals surface area contributed by atoms with Gasteiger partial charge in [0.1, 0.15) is 18.3 Å². The van der Waals surface area contributed by atoms with Gasteiger partial charge in [-0.2, -0.15) is 0 Å². The van der Waals surface area contributed by atoms with Crippen molar-refractivity contribution in [3.8, 4) is 5.75 Å². The zero-order valence-electron chi connectivity index (χ0n) is 21.4. The third-order valence-corrected chi connectivity index (χ3v) is 6.87. The number of anilines is 1. The Morgan fingerprint density at radius 3 is 2.26 bits per heavy atom. The van der Waals surface area contributed by atoms with Crippen LogP contribution in [0, 0.1) is 0 Å². The van der Waals surface area contributed by atoms with E-state index in [9.17, 15) is 18.0 Å². The number of hydrogen-bond donors (Lipinski definition) is 1. The van der Waals surface area contributed by atoms with E-state index in [1.165, 1.54) is 4.90 Å². The molecule has 0 fully saturated rings. The zero-order valence-corrected chi connectivity index (χ0v) is 22.3. The summed E-state index contributed by atoms with van der Waals surface area (Å²) in [6.45, 7) is 7.88. The lowest BCUT2D eigenvalue weighted by atomic mass is 10.0. The molecule has 0 saturated heterocycles. The molecule has 1 atom stereocenters. The van der Waals surface area contributed by atoms with E-state index in [1.54, 1.807) is 44.4 Å². The predicted octanol–water partition coefficient (Wildman–Crippen LogP) is 3.53. The molecule has 35 heavy (non-hydrogen) atoms. The Labute approximate surface area is 209 Å². The van der Waals surface area contributed by atoms with Gasteiger partial charge in [0, 0.05) is 13.1 Å². The standard InChI is InChI=1S/C26H37N3O5S/c1-7-15-27-26(31)20(4)28(17-21-9-8-10-24(16-21)34-5)25(30)18-29(35(6,32)33)23-13-11-22(12-14-23)19(2)3/h8-14,16,19-20H,7,15,17-18H2,1-6H3,(H,27,31)/t20-/m1/s1. The van der Waals surface area contributed by atoms with Gasteiger partial charge in [-0.1, -0.05) is 45.0 Å². The number of amides is 2. The third kappa shape index (κ3) is 7.99. The van der Waals surface area contributed by atoms with Crippen LogP contribution in [0.25, 0.3) is 0 Å². The fraction of sp³-hybridized carbons (Fsp3) is 0.462. The fourth-order valence-electron chi connectivity index (χ4n) is 3.59. The number of carbonyl (C=O) groups is 2. The van der Waals surface area contributed by atoms with Crippen LogP contribution in [0.5, 0.6) is 5.75 Å². The van der Waals surface area contributed by atoms with Crippen LogP contribution in [0.1, 0.15) is 51.2 Å². The van der Waals surface area contributed by atoms with Gasteiger partial charge in [-0.25, -0.2) is 8.42 Å². The molecule has 0 heterocycles. The number of sulfonamides is 1. The fourth-order valence-corrected chi connectivity index (χ4v) is 4.43. The number of ether oxygens (including phenoxy) is 1. The van der Waals surface area contributed by atoms with Gasteiger partial charge < -0.3 is 15.0 Å². The Kier molecular flexibility index (Phi) is 10.1. The van der Waals surface area contributed by atoms with Gasteiger partial charge >= 0.3 is 0 Å². The molecule has 2 amide bonds. The highest BCUT2D eigenvalue weighted by Crippen LogP contribution is 2.23. The lowest BCUT2D eigenvalue weighted by molar-refractivity contribution is -0.139. The molecule has 0 aromatic heterocycles. The minimum absolute atomic E-state index is 0.126. The zero-order chi connectivity index (χ0) is 26.2. The number of carbonyl (C=O) groups excluding carboxylic acids is 2. The first-order chi connectivity index (χ1) is 16.5. The quantitative estimate of drug-likeness (QED) is 0.478. The summed E-state index contributed by atoms with van der Waals surface area (Å²) < 4.78 is 31.7. The van der Waals surface area contributed by atoms with Crippen molar-refractivity contribution in [1.82, 2.24) is 10.2 Å². The average molecular weight is 504 g/mol. The van der Waals surface area contributed by atoms with Crippen LogP contribution in [0.2, 0.25) is 0 Å². The minimum atomic E-state index is -3.76. The Morgan fingerprint density at radius 2 is 1.71 bits per heavy atom. The molecule has 0 saturated carbocycles. The summed E-state index contributed by atoms with van der Waals surface area (Å²) in [5, 5.41) is 2.82. The monoisotopic (exact) mass is 503 g/mol. The highest BCUT2D eigenvalue weighted by atomic mass is 32.2. The van der Waals surface area contributed by atoms with Gasteiger partial charge in [-0.15, -0.1) is 0 Å². The number of hydrogen-bond acceptors (Lipinski definition) is 5. The number of benzene rings is 2. The van der Waals surface area contributed by atoms with E-state index in [1.807, 2.05) is 39.0 Å². The van der Waals surface area contributed by atoms with Crippen LogP contribution in [0.15, 0.2) is 48.5 Å². The number of methoxy groups -OCH3 is 1. The normalized spacial score (nSPS) is 12.2. The molecule has 192 valence electrons. The second kappa shape index (κ2) is 12.6. The molecule has 9 heteroatoms. The second-order valence-electron chi connectivity index (χ2n) is 8.86. The van der Waals surface area contributed by atoms with E-state index in [2.05, 4.69) is 5.32 Å². The predicted molar refractivity (Wildman–Crippen MR) is 139 cm³/mol. The molecule has 8 nitrogen and oxygen atoms in total. The molecule has 0 bridgehead atoms. The van der Waals surface area contributed by atoms with E-state index in [4.69, 9.17) is 4.74 Å². The second-order valence-corrected chi connectivity index (χ2v) is 10.8. The maximum Gasteiger partial charge on any atom is 0.244 e. The first-order valence-corrected chi connectivity index (χ1v) is 13.6. The van der Waals surface area contributed by atoms with E-state index >= 15 is 0 Å². The third-order valence-electron chi connectivity index (χ3n) is 5.73. The van der Waals surface area contributed by atoms with Crippen molar-refractivity contribution in [2.75, 3.05) is 30.8 Å². The molecule has 0 aliphatic rings. The minimum Gasteiger partial charge on any atom is -0.497 e. The molecule has 2 aromatic rings. The molecule has 0 spiro atoms. The Morgan fingerprint density at radius 1 is 1.06 bits per heavy atom. The van der Waals surface area contributed by atoms with Gasteiger partial charge in [-0.05, 0) is 54.7 Å². The van der Waals surface area contributed by atoms with Gasteiger partial charge in [0.15, 0.2) is 0 Å². The van der Waals surface area contributed by atoms with E-state index < -0.39 is 28.5 Å². The average Bonchev–Trinajstić information content (AvgIpc) is 2.83. The van der Waals surface area contributed by atoms with Crippen molar-refractivity contribution in [2.24, 2.45) is 0 Å². The largest absolute Gasteiger partial charge is 0.497 e. The van der Waals surface area contributed by atoms with Crippen molar-refractivity contribution < 1.29 is 22.7 Å². The van der Waals surface area contributed by atoms with Gasteiger partial charge in [-0.3, -0.25) is 13.9 Å². The van der Waals surface area contributed by atoms with Gasteiger partial charge in [0.2, 0.25) is 21.8 Å². The summed E-state index contributed by atoms with van der Waals surface area (Å²) in [4.78, 5) is 27.7. The van der Waals surface area contributed by atoms with Crippen LogP contribution in [-0.4, -0.2) is 57.6 Å². The lowest BCUT2D eigenvalue weighted by Crippen LogP contribution is -2.51. The van der Waals surface area contributed by atoms with E-state index in [0.29, 0.717) is 23.9 Å². The van der Waals surface area contributed by atoms with Crippen LogP contribution >= 0.6 is 0 Å². The molecule has 1 N–H and O–H groups in total. The van der Waals surface area contributed by atoms with Crippen molar-refractivity contribution in [3.63, 3.8) is 0 Å². The summed E-state index contributed by atoms with van der Waals surface area (Å²) in [7, 11) is -2.21. The van der Waals surface area contributed by atoms with Crippen molar-refractivity contribution in [2.45, 2.75) is 52.6 Å². The summed E-state index contributed by atoms with van der Waals surface area (Å²) in [5.41, 5.74) is 2.23. The molecule has 0 aliphatic carbocycles. The van der Waals surface area contributed by atoms with E-state index in [-0.39, 0.29) is 12.5 Å². The highest BCUT2D eigenvalue weighted by Gasteiger charge is 2.30. The van der Waals surface area contributed by atoms with Gasteiger partial charge in [0.25, 0.3) is 0 Å². The number of nitrogens with zero attached hydrogens (tertiary/aromatic N) is 2. The smallest absolute Gasteiger partial charge is 0.244 e. The first kappa shape index (κ1) is 28.2. The molecule has 0 radical (unpaired) electrons. The molecule has 0 aliphatic heterocycles. The molecule has 0 unspecified atom stereocenters. The first-order valence-electron chi connectivity index (χ1n) is 11.8. The summed E-state index contributed by atoms with van der Waals surface area (Å²) in [6.07, 6.45) is 1.83. The molecule has 2 rings (SSSR count). The summed E-state index contributed by atoms with van der Waals surface area (Å²) in [6, 6.07) is 13.5. The topological polar surface area (TPSA) is 96.0 Å².